The van der Waals surface area contributed by atoms with Gasteiger partial charge in [-0.1, -0.05) is 37.3 Å². The van der Waals surface area contributed by atoms with Crippen molar-refractivity contribution in [3.05, 3.63) is 87.9 Å². The monoisotopic (exact) mass is 444 g/mol. The van der Waals surface area contributed by atoms with E-state index >= 15 is 4.39 Å². The van der Waals surface area contributed by atoms with Crippen molar-refractivity contribution < 1.29 is 17.6 Å². The molecule has 0 amide bonds. The zero-order valence-electron chi connectivity index (χ0n) is 18.4. The Morgan fingerprint density at radius 3 is 2.47 bits per heavy atom. The fourth-order valence-electron chi connectivity index (χ4n) is 4.16. The first kappa shape index (κ1) is 23.8. The molecule has 2 aromatic carbocycles. The van der Waals surface area contributed by atoms with Crippen LogP contribution in [0.15, 0.2) is 53.7 Å². The minimum atomic E-state index is -4.41. The van der Waals surface area contributed by atoms with E-state index in [0.29, 0.717) is 35.2 Å². The van der Waals surface area contributed by atoms with Crippen LogP contribution in [0.1, 0.15) is 65.5 Å². The molecule has 1 saturated carbocycles. The largest absolute Gasteiger partial charge is 0.416 e. The van der Waals surface area contributed by atoms with Gasteiger partial charge in [0, 0.05) is 17.5 Å². The van der Waals surface area contributed by atoms with Crippen LogP contribution in [-0.4, -0.2) is 6.21 Å². The lowest BCUT2D eigenvalue weighted by atomic mass is 9.76. The Morgan fingerprint density at radius 2 is 1.91 bits per heavy atom. The summed E-state index contributed by atoms with van der Waals surface area (Å²) in [4.78, 5) is 4.24. The molecule has 0 aliphatic heterocycles. The number of halogens is 4. The van der Waals surface area contributed by atoms with Crippen LogP contribution in [0.25, 0.3) is 5.70 Å². The second-order valence-corrected chi connectivity index (χ2v) is 8.22. The highest BCUT2D eigenvalue weighted by molar-refractivity contribution is 5.83. The third-order valence-electron chi connectivity index (χ3n) is 6.14. The van der Waals surface area contributed by atoms with Crippen molar-refractivity contribution in [3.8, 4) is 0 Å². The van der Waals surface area contributed by atoms with Crippen molar-refractivity contribution in [2.75, 3.05) is 0 Å². The molecule has 1 aliphatic carbocycles. The Bertz CT molecular complexity index is 1060. The van der Waals surface area contributed by atoms with Crippen molar-refractivity contribution >= 4 is 11.9 Å². The van der Waals surface area contributed by atoms with Crippen LogP contribution in [0.4, 0.5) is 17.6 Å². The summed E-state index contributed by atoms with van der Waals surface area (Å²) in [7, 11) is 0. The van der Waals surface area contributed by atoms with E-state index in [9.17, 15) is 13.2 Å². The average Bonchev–Trinajstić information content (AvgIpc) is 2.68. The quantitative estimate of drug-likeness (QED) is 0.359. The summed E-state index contributed by atoms with van der Waals surface area (Å²) in [6.07, 6.45) is 2.40. The second-order valence-electron chi connectivity index (χ2n) is 8.22. The molecule has 6 heteroatoms. The molecule has 2 nitrogen and oxygen atoms in total. The molecule has 0 atom stereocenters. The van der Waals surface area contributed by atoms with E-state index in [4.69, 9.17) is 5.73 Å². The Kier molecular flexibility index (Phi) is 7.22. The highest BCUT2D eigenvalue weighted by atomic mass is 19.4. The Morgan fingerprint density at radius 1 is 1.19 bits per heavy atom. The molecule has 0 spiro atoms. The van der Waals surface area contributed by atoms with E-state index in [-0.39, 0.29) is 23.0 Å². The van der Waals surface area contributed by atoms with Crippen molar-refractivity contribution in [1.29, 1.82) is 0 Å². The van der Waals surface area contributed by atoms with Crippen LogP contribution < -0.4 is 5.73 Å². The number of nitrogens with zero attached hydrogens (tertiary/aromatic N) is 1. The topological polar surface area (TPSA) is 38.4 Å². The molecule has 0 unspecified atom stereocenters. The molecular formula is C26H28F4N2. The first-order valence-electron chi connectivity index (χ1n) is 10.8. The molecule has 0 radical (unpaired) electrons. The van der Waals surface area contributed by atoms with Gasteiger partial charge in [-0.2, -0.15) is 13.2 Å². The van der Waals surface area contributed by atoms with Gasteiger partial charge in [-0.3, -0.25) is 4.99 Å². The summed E-state index contributed by atoms with van der Waals surface area (Å²) >= 11 is 0. The molecule has 170 valence electrons. The molecule has 1 fully saturated rings. The minimum absolute atomic E-state index is 0.196. The Labute approximate surface area is 186 Å². The smallest absolute Gasteiger partial charge is 0.398 e. The van der Waals surface area contributed by atoms with Gasteiger partial charge in [0.1, 0.15) is 5.82 Å². The summed E-state index contributed by atoms with van der Waals surface area (Å²) in [5.41, 5.74) is 8.24. The predicted octanol–water partition coefficient (Wildman–Crippen LogP) is 7.11. The standard InChI is InChI=1S/C26H28F4N2/c1-4-24(32-15-16(2)31)22-14-13-20(19-8-5-9-19)21(25(22)27)12-11-18-7-6-10-23(17(18)3)26(28,29)30/h4,6-7,10,13-15,19H,2,5,8-9,11-12,31H2,1,3H3/b24-4-,32-15-. The Balaban J connectivity index is 1.99. The van der Waals surface area contributed by atoms with Crippen LogP contribution in [0.5, 0.6) is 0 Å². The molecule has 0 aromatic heterocycles. The predicted molar refractivity (Wildman–Crippen MR) is 122 cm³/mol. The third-order valence-corrected chi connectivity index (χ3v) is 6.14. The lowest BCUT2D eigenvalue weighted by Crippen LogP contribution is -2.14. The molecule has 0 saturated heterocycles. The zero-order valence-corrected chi connectivity index (χ0v) is 18.4. The number of allylic oxidation sites excluding steroid dienone is 2. The van der Waals surface area contributed by atoms with Gasteiger partial charge in [-0.05, 0) is 79.8 Å². The van der Waals surface area contributed by atoms with Gasteiger partial charge in [0.05, 0.1) is 11.3 Å². The first-order chi connectivity index (χ1) is 15.1. The second kappa shape index (κ2) is 9.72. The van der Waals surface area contributed by atoms with Crippen LogP contribution in [0.3, 0.4) is 0 Å². The van der Waals surface area contributed by atoms with Gasteiger partial charge in [0.25, 0.3) is 0 Å². The van der Waals surface area contributed by atoms with Gasteiger partial charge in [-0.15, -0.1) is 0 Å². The van der Waals surface area contributed by atoms with Gasteiger partial charge in [0.2, 0.25) is 0 Å². The lowest BCUT2D eigenvalue weighted by molar-refractivity contribution is -0.138. The Hall–Kier alpha value is -2.89. The molecule has 0 bridgehead atoms. The van der Waals surface area contributed by atoms with E-state index in [1.54, 1.807) is 25.1 Å². The van der Waals surface area contributed by atoms with Crippen LogP contribution in [-0.2, 0) is 19.0 Å². The fourth-order valence-corrected chi connectivity index (χ4v) is 4.16. The van der Waals surface area contributed by atoms with Gasteiger partial charge in [0.15, 0.2) is 0 Å². The summed E-state index contributed by atoms with van der Waals surface area (Å²) in [6.45, 7) is 6.81. The van der Waals surface area contributed by atoms with Crippen molar-refractivity contribution in [3.63, 3.8) is 0 Å². The zero-order chi connectivity index (χ0) is 23.5. The summed E-state index contributed by atoms with van der Waals surface area (Å²) in [6, 6.07) is 7.85. The molecule has 32 heavy (non-hydrogen) atoms. The number of nitrogens with two attached hydrogens (primary N) is 1. The number of rotatable bonds is 7. The number of alkyl halides is 3. The molecule has 3 rings (SSSR count). The maximum atomic E-state index is 15.7. The van der Waals surface area contributed by atoms with E-state index in [1.807, 2.05) is 6.07 Å². The molecule has 1 aliphatic rings. The lowest BCUT2D eigenvalue weighted by Gasteiger charge is -2.29. The maximum absolute atomic E-state index is 15.7. The van der Waals surface area contributed by atoms with Gasteiger partial charge in [-0.25, -0.2) is 4.39 Å². The van der Waals surface area contributed by atoms with E-state index < -0.39 is 11.7 Å². The summed E-state index contributed by atoms with van der Waals surface area (Å²) in [5.74, 6) is -0.0792. The van der Waals surface area contributed by atoms with Gasteiger partial charge >= 0.3 is 6.18 Å². The molecule has 2 N–H and O–H groups in total. The number of aryl methyl sites for hydroxylation is 1. The molecule has 0 heterocycles. The van der Waals surface area contributed by atoms with Crippen LogP contribution >= 0.6 is 0 Å². The SMILES string of the molecule is C=C(N)/C=N\C(=C/C)c1ccc(C2CCC2)c(CCc2cccc(C(F)(F)F)c2C)c1F. The van der Waals surface area contributed by atoms with Crippen molar-refractivity contribution in [1.82, 2.24) is 0 Å². The number of hydrogen-bond acceptors (Lipinski definition) is 2. The maximum Gasteiger partial charge on any atom is 0.416 e. The third kappa shape index (κ3) is 5.12. The minimum Gasteiger partial charge on any atom is -0.398 e. The average molecular weight is 445 g/mol. The van der Waals surface area contributed by atoms with E-state index in [0.717, 1.165) is 30.9 Å². The number of aliphatic imine (C=N–C) groups is 1. The number of benzene rings is 2. The fraction of sp³-hybridized carbons (Fsp3) is 0.346. The molecule has 2 aromatic rings. The summed E-state index contributed by atoms with van der Waals surface area (Å²) < 4.78 is 55.6. The van der Waals surface area contributed by atoms with Crippen molar-refractivity contribution in [2.24, 2.45) is 10.7 Å². The number of hydrogen-bond donors (Lipinski definition) is 1. The first-order valence-corrected chi connectivity index (χ1v) is 10.8. The van der Waals surface area contributed by atoms with Crippen LogP contribution in [0, 0.1) is 12.7 Å². The normalized spacial score (nSPS) is 15.2. The van der Waals surface area contributed by atoms with E-state index in [2.05, 4.69) is 11.6 Å². The summed E-state index contributed by atoms with van der Waals surface area (Å²) in [5, 5.41) is 0. The van der Waals surface area contributed by atoms with Crippen molar-refractivity contribution in [2.45, 2.75) is 58.0 Å². The highest BCUT2D eigenvalue weighted by Crippen LogP contribution is 2.41. The van der Waals surface area contributed by atoms with Gasteiger partial charge < -0.3 is 5.73 Å². The molecular weight excluding hydrogens is 416 g/mol. The van der Waals surface area contributed by atoms with Crippen LogP contribution in [0.2, 0.25) is 0 Å². The highest BCUT2D eigenvalue weighted by Gasteiger charge is 2.33. The van der Waals surface area contributed by atoms with E-state index in [1.165, 1.54) is 19.2 Å².